The highest BCUT2D eigenvalue weighted by Crippen LogP contribution is 2.49. The molecule has 1 aromatic carbocycles. The molecule has 3 unspecified atom stereocenters. The zero-order chi connectivity index (χ0) is 21.5. The van der Waals surface area contributed by atoms with Gasteiger partial charge in [-0.3, -0.25) is 9.69 Å². The van der Waals surface area contributed by atoms with E-state index in [0.717, 1.165) is 41.3 Å². The smallest absolute Gasteiger partial charge is 0.266 e. The van der Waals surface area contributed by atoms with Gasteiger partial charge in [0.15, 0.2) is 0 Å². The van der Waals surface area contributed by atoms with E-state index in [1.807, 2.05) is 35.2 Å². The van der Waals surface area contributed by atoms with E-state index in [2.05, 4.69) is 11.1 Å². The quantitative estimate of drug-likeness (QED) is 0.421. The second-order valence-corrected chi connectivity index (χ2v) is 10.9. The third-order valence-corrected chi connectivity index (χ3v) is 8.41. The number of nitrogens with zero attached hydrogens (tertiary/aromatic N) is 1. The molecule has 2 aromatic rings. The average Bonchev–Trinajstić information content (AvgIpc) is 3.52. The van der Waals surface area contributed by atoms with E-state index in [1.165, 1.54) is 31.0 Å². The number of thioether (sulfide) groups is 1. The summed E-state index contributed by atoms with van der Waals surface area (Å²) >= 11 is 13.1. The minimum Gasteiger partial charge on any atom is -0.396 e. The van der Waals surface area contributed by atoms with Crippen LogP contribution >= 0.6 is 35.6 Å². The number of hydrogen-bond acceptors (Lipinski definition) is 4. The molecule has 3 aliphatic rings. The maximum atomic E-state index is 13.3. The van der Waals surface area contributed by atoms with Gasteiger partial charge in [0.1, 0.15) is 4.32 Å². The van der Waals surface area contributed by atoms with Gasteiger partial charge < -0.3 is 10.1 Å². The molecule has 1 saturated heterocycles. The lowest BCUT2D eigenvalue weighted by Crippen LogP contribution is -2.41. The molecule has 2 heterocycles. The lowest BCUT2D eigenvalue weighted by atomic mass is 9.94. The molecule has 2 aliphatic carbocycles. The predicted molar refractivity (Wildman–Crippen MR) is 131 cm³/mol. The maximum absolute atomic E-state index is 13.3. The first-order valence-corrected chi connectivity index (χ1v) is 12.5. The highest BCUT2D eigenvalue weighted by molar-refractivity contribution is 8.26. The van der Waals surface area contributed by atoms with E-state index < -0.39 is 0 Å². The first kappa shape index (κ1) is 21.3. The summed E-state index contributed by atoms with van der Waals surface area (Å²) < 4.78 is 0.690. The van der Waals surface area contributed by atoms with Crippen molar-refractivity contribution in [1.82, 2.24) is 9.88 Å². The SMILES string of the molecule is O=C1C(=Cc2[nH]c(-c3ccc(Cl)cc3)cc2CCCO)SC(=S)N1C1CC2CCC1C2. The fraction of sp³-hybridized carbons (Fsp3) is 0.417. The molecule has 7 heteroatoms. The van der Waals surface area contributed by atoms with Crippen LogP contribution in [-0.2, 0) is 11.2 Å². The van der Waals surface area contributed by atoms with Crippen molar-refractivity contribution >= 4 is 51.9 Å². The summed E-state index contributed by atoms with van der Waals surface area (Å²) in [6.07, 6.45) is 8.21. The van der Waals surface area contributed by atoms with Gasteiger partial charge >= 0.3 is 0 Å². The molecule has 31 heavy (non-hydrogen) atoms. The lowest BCUT2D eigenvalue weighted by molar-refractivity contribution is -0.124. The van der Waals surface area contributed by atoms with E-state index in [4.69, 9.17) is 23.8 Å². The van der Waals surface area contributed by atoms with Crippen LogP contribution in [0.25, 0.3) is 17.3 Å². The van der Waals surface area contributed by atoms with Crippen LogP contribution in [0.15, 0.2) is 35.2 Å². The molecule has 1 amide bonds. The third kappa shape index (κ3) is 4.11. The van der Waals surface area contributed by atoms with Crippen molar-refractivity contribution in [2.24, 2.45) is 11.8 Å². The molecule has 1 aliphatic heterocycles. The average molecular weight is 473 g/mol. The number of hydrogen-bond donors (Lipinski definition) is 2. The number of rotatable bonds is 6. The maximum Gasteiger partial charge on any atom is 0.266 e. The highest BCUT2D eigenvalue weighted by Gasteiger charge is 2.47. The number of amides is 1. The van der Waals surface area contributed by atoms with E-state index >= 15 is 0 Å². The van der Waals surface area contributed by atoms with Crippen molar-refractivity contribution in [3.8, 4) is 11.3 Å². The molecule has 2 N–H and O–H groups in total. The van der Waals surface area contributed by atoms with E-state index in [0.29, 0.717) is 26.6 Å². The monoisotopic (exact) mass is 472 g/mol. The zero-order valence-corrected chi connectivity index (χ0v) is 19.5. The predicted octanol–water partition coefficient (Wildman–Crippen LogP) is 5.65. The van der Waals surface area contributed by atoms with Gasteiger partial charge in [-0.1, -0.05) is 54.1 Å². The standard InChI is InChI=1S/C24H25ClN2O2S2/c25-18-7-5-15(6-8-18)19-12-16(2-1-9-28)20(26-19)13-22-23(29)27(24(30)31-22)21-11-14-3-4-17(21)10-14/h5-8,12-14,17,21,26,28H,1-4,9-11H2. The number of thiocarbonyl (C=S) groups is 1. The van der Waals surface area contributed by atoms with Crippen LogP contribution < -0.4 is 0 Å². The van der Waals surface area contributed by atoms with Crippen molar-refractivity contribution in [3.05, 3.63) is 51.5 Å². The Kier molecular flexibility index (Phi) is 5.99. The minimum absolute atomic E-state index is 0.0447. The molecule has 4 nitrogen and oxygen atoms in total. The van der Waals surface area contributed by atoms with Crippen LogP contribution in [0, 0.1) is 11.8 Å². The van der Waals surface area contributed by atoms with Crippen LogP contribution in [0.3, 0.4) is 0 Å². The number of halogens is 1. The molecule has 3 atom stereocenters. The summed E-state index contributed by atoms with van der Waals surface area (Å²) in [5, 5.41) is 10.0. The van der Waals surface area contributed by atoms with Gasteiger partial charge in [0, 0.05) is 29.1 Å². The Morgan fingerprint density at radius 1 is 1.26 bits per heavy atom. The summed E-state index contributed by atoms with van der Waals surface area (Å²) in [7, 11) is 0. The molecular weight excluding hydrogens is 448 g/mol. The van der Waals surface area contributed by atoms with Crippen LogP contribution in [0.5, 0.6) is 0 Å². The Morgan fingerprint density at radius 3 is 2.74 bits per heavy atom. The van der Waals surface area contributed by atoms with Crippen LogP contribution in [-0.4, -0.2) is 37.9 Å². The molecule has 2 saturated carbocycles. The number of H-pyrrole nitrogens is 1. The van der Waals surface area contributed by atoms with E-state index in [9.17, 15) is 9.90 Å². The molecule has 0 radical (unpaired) electrons. The Hall–Kier alpha value is -1.60. The first-order chi connectivity index (χ1) is 15.0. The second kappa shape index (κ2) is 8.74. The summed E-state index contributed by atoms with van der Waals surface area (Å²) in [4.78, 5) is 19.4. The Morgan fingerprint density at radius 2 is 2.06 bits per heavy atom. The number of aliphatic hydroxyl groups is 1. The van der Waals surface area contributed by atoms with Gasteiger partial charge in [-0.05, 0) is 79.3 Å². The van der Waals surface area contributed by atoms with Crippen molar-refractivity contribution in [3.63, 3.8) is 0 Å². The molecule has 162 valence electrons. The molecular formula is C24H25ClN2O2S2. The van der Waals surface area contributed by atoms with E-state index in [-0.39, 0.29) is 18.6 Å². The Bertz CT molecular complexity index is 1050. The number of benzene rings is 1. The number of aromatic nitrogens is 1. The summed E-state index contributed by atoms with van der Waals surface area (Å²) in [5.41, 5.74) is 4.00. The largest absolute Gasteiger partial charge is 0.396 e. The zero-order valence-electron chi connectivity index (χ0n) is 17.1. The van der Waals surface area contributed by atoms with Crippen molar-refractivity contribution in [1.29, 1.82) is 0 Å². The molecule has 1 aromatic heterocycles. The Labute approximate surface area is 197 Å². The fourth-order valence-corrected chi connectivity index (χ4v) is 6.81. The second-order valence-electron chi connectivity index (χ2n) is 8.75. The molecule has 5 rings (SSSR count). The van der Waals surface area contributed by atoms with Crippen LogP contribution in [0.1, 0.15) is 43.4 Å². The summed E-state index contributed by atoms with van der Waals surface area (Å²) in [5.74, 6) is 1.41. The minimum atomic E-state index is 0.0447. The van der Waals surface area contributed by atoms with Crippen molar-refractivity contribution in [2.75, 3.05) is 6.61 Å². The normalized spacial score (nSPS) is 26.6. The van der Waals surface area contributed by atoms with Crippen LogP contribution in [0.4, 0.5) is 0 Å². The van der Waals surface area contributed by atoms with Crippen molar-refractivity contribution in [2.45, 2.75) is 44.6 Å². The van der Waals surface area contributed by atoms with Crippen LogP contribution in [0.2, 0.25) is 5.02 Å². The first-order valence-electron chi connectivity index (χ1n) is 10.9. The number of aromatic amines is 1. The van der Waals surface area contributed by atoms with Crippen molar-refractivity contribution < 1.29 is 9.90 Å². The van der Waals surface area contributed by atoms with Gasteiger partial charge in [-0.25, -0.2) is 0 Å². The van der Waals surface area contributed by atoms with Gasteiger partial charge in [-0.15, -0.1) is 0 Å². The summed E-state index contributed by atoms with van der Waals surface area (Å²) in [6, 6.07) is 10.1. The molecule has 2 bridgehead atoms. The van der Waals surface area contributed by atoms with E-state index in [1.54, 1.807) is 0 Å². The number of aliphatic hydroxyl groups excluding tert-OH is 1. The van der Waals surface area contributed by atoms with Gasteiger partial charge in [0.05, 0.1) is 4.91 Å². The topological polar surface area (TPSA) is 56.3 Å². The summed E-state index contributed by atoms with van der Waals surface area (Å²) in [6.45, 7) is 0.132. The number of nitrogens with one attached hydrogen (secondary N) is 1. The molecule has 3 fully saturated rings. The highest BCUT2D eigenvalue weighted by atomic mass is 35.5. The number of fused-ring (bicyclic) bond motifs is 2. The third-order valence-electron chi connectivity index (χ3n) is 6.82. The number of aryl methyl sites for hydroxylation is 1. The van der Waals surface area contributed by atoms with Gasteiger partial charge in [0.2, 0.25) is 0 Å². The van der Waals surface area contributed by atoms with Gasteiger partial charge in [-0.2, -0.15) is 0 Å². The molecule has 0 spiro atoms. The van der Waals surface area contributed by atoms with Gasteiger partial charge in [0.25, 0.3) is 5.91 Å². The number of carbonyl (C=O) groups excluding carboxylic acids is 1. The number of carbonyl (C=O) groups is 1. The lowest BCUT2D eigenvalue weighted by Gasteiger charge is -2.30. The Balaban J connectivity index is 1.44. The fourth-order valence-electron chi connectivity index (χ4n) is 5.33.